The van der Waals surface area contributed by atoms with Gasteiger partial charge in [0.2, 0.25) is 0 Å². The fourth-order valence-corrected chi connectivity index (χ4v) is 1.47. The predicted octanol–water partition coefficient (Wildman–Crippen LogP) is 0.204. The normalized spacial score (nSPS) is 13.1. The van der Waals surface area contributed by atoms with Crippen molar-refractivity contribution in [2.24, 2.45) is 0 Å². The van der Waals surface area contributed by atoms with E-state index in [1.165, 1.54) is 0 Å². The smallest absolute Gasteiger partial charge is 0.330 e. The molecule has 2 atom stereocenters. The molecule has 2 N–H and O–H groups in total. The third kappa shape index (κ3) is 14.1. The Morgan fingerprint density at radius 1 is 0.958 bits per heavy atom. The Balaban J connectivity index is 3.37. The van der Waals surface area contributed by atoms with Gasteiger partial charge in [-0.3, -0.25) is 4.79 Å². The van der Waals surface area contributed by atoms with E-state index in [1.54, 1.807) is 6.92 Å². The fraction of sp³-hybridized carbons (Fsp3) is 0.750. The van der Waals surface area contributed by atoms with Gasteiger partial charge in [-0.1, -0.05) is 13.5 Å². The molecule has 8 nitrogen and oxygen atoms in total. The van der Waals surface area contributed by atoms with E-state index < -0.39 is 18.2 Å². The van der Waals surface area contributed by atoms with E-state index in [9.17, 15) is 19.8 Å². The molecule has 24 heavy (non-hydrogen) atoms. The lowest BCUT2D eigenvalue weighted by Gasteiger charge is -2.12. The van der Waals surface area contributed by atoms with E-state index in [-0.39, 0.29) is 38.8 Å². The zero-order valence-corrected chi connectivity index (χ0v) is 14.1. The third-order valence-electron chi connectivity index (χ3n) is 2.76. The second-order valence-electron chi connectivity index (χ2n) is 5.04. The van der Waals surface area contributed by atoms with E-state index in [4.69, 9.17) is 14.2 Å². The van der Waals surface area contributed by atoms with Crippen LogP contribution in [-0.2, 0) is 28.5 Å². The summed E-state index contributed by atoms with van der Waals surface area (Å²) in [5.74, 6) is -0.939. The van der Waals surface area contributed by atoms with Gasteiger partial charge in [-0.25, -0.2) is 4.79 Å². The zero-order chi connectivity index (χ0) is 18.2. The van der Waals surface area contributed by atoms with Crippen molar-refractivity contribution in [1.29, 1.82) is 0 Å². The van der Waals surface area contributed by atoms with Crippen molar-refractivity contribution in [2.75, 3.05) is 39.6 Å². The first kappa shape index (κ1) is 22.5. The molecule has 0 rings (SSSR count). The monoisotopic (exact) mass is 348 g/mol. The van der Waals surface area contributed by atoms with Gasteiger partial charge in [-0.05, 0) is 12.8 Å². The van der Waals surface area contributed by atoms with Crippen molar-refractivity contribution in [1.82, 2.24) is 0 Å². The van der Waals surface area contributed by atoms with Crippen LogP contribution in [0, 0.1) is 0 Å². The minimum absolute atomic E-state index is 0.0654. The Kier molecular flexibility index (Phi) is 14.1. The number of aliphatic hydroxyl groups excluding tert-OH is 2. The molecule has 8 heteroatoms. The van der Waals surface area contributed by atoms with Crippen LogP contribution in [-0.4, -0.2) is 74.0 Å². The summed E-state index contributed by atoms with van der Waals surface area (Å²) in [4.78, 5) is 21.7. The lowest BCUT2D eigenvalue weighted by atomic mass is 10.3. The van der Waals surface area contributed by atoms with Gasteiger partial charge >= 0.3 is 11.9 Å². The lowest BCUT2D eigenvalue weighted by Crippen LogP contribution is -2.24. The number of rotatable bonds is 15. The van der Waals surface area contributed by atoms with Gasteiger partial charge in [0.15, 0.2) is 0 Å². The number of carbonyl (C=O) groups is 2. The molecule has 0 aromatic heterocycles. The molecule has 0 radical (unpaired) electrons. The van der Waals surface area contributed by atoms with E-state index in [2.05, 4.69) is 11.3 Å². The summed E-state index contributed by atoms with van der Waals surface area (Å²) < 4.78 is 19.9. The lowest BCUT2D eigenvalue weighted by molar-refractivity contribution is -0.147. The number of unbranched alkanes of at least 4 members (excludes halogenated alkanes) is 1. The van der Waals surface area contributed by atoms with Gasteiger partial charge in [0.1, 0.15) is 25.4 Å². The van der Waals surface area contributed by atoms with Crippen LogP contribution in [0.1, 0.15) is 26.2 Å². The van der Waals surface area contributed by atoms with Gasteiger partial charge in [0.25, 0.3) is 0 Å². The molecule has 0 fully saturated rings. The molecular weight excluding hydrogens is 320 g/mol. The van der Waals surface area contributed by atoms with E-state index in [0.717, 1.165) is 18.9 Å². The Hall–Kier alpha value is -1.48. The number of ether oxygens (including phenoxy) is 4. The van der Waals surface area contributed by atoms with Gasteiger partial charge in [0, 0.05) is 25.7 Å². The van der Waals surface area contributed by atoms with Crippen molar-refractivity contribution in [3.05, 3.63) is 12.7 Å². The molecular formula is C16H28O8. The predicted molar refractivity (Wildman–Crippen MR) is 85.3 cm³/mol. The topological polar surface area (TPSA) is 112 Å². The molecule has 0 amide bonds. The first-order chi connectivity index (χ1) is 11.5. The molecule has 0 aliphatic carbocycles. The van der Waals surface area contributed by atoms with Crippen LogP contribution in [0.2, 0.25) is 0 Å². The Labute approximate surface area is 142 Å². The molecule has 0 aliphatic heterocycles. The molecule has 0 saturated carbocycles. The fourth-order valence-electron chi connectivity index (χ4n) is 1.47. The second-order valence-corrected chi connectivity index (χ2v) is 5.04. The van der Waals surface area contributed by atoms with Gasteiger partial charge in [-0.15, -0.1) is 0 Å². The third-order valence-corrected chi connectivity index (χ3v) is 2.76. The minimum Gasteiger partial charge on any atom is -0.463 e. The van der Waals surface area contributed by atoms with Crippen LogP contribution >= 0.6 is 0 Å². The summed E-state index contributed by atoms with van der Waals surface area (Å²) in [7, 11) is 0. The summed E-state index contributed by atoms with van der Waals surface area (Å²) in [6.45, 7) is 5.79. The van der Waals surface area contributed by atoms with Crippen molar-refractivity contribution < 1.29 is 38.7 Å². The van der Waals surface area contributed by atoms with Crippen LogP contribution < -0.4 is 0 Å². The van der Waals surface area contributed by atoms with Crippen molar-refractivity contribution >= 4 is 11.9 Å². The quantitative estimate of drug-likeness (QED) is 0.245. The summed E-state index contributed by atoms with van der Waals surface area (Å²) in [5.41, 5.74) is 0. The minimum atomic E-state index is -0.869. The number of aliphatic hydroxyl groups is 2. The number of carbonyl (C=O) groups excluding carboxylic acids is 2. The summed E-state index contributed by atoms with van der Waals surface area (Å²) in [5, 5.41) is 19.0. The van der Waals surface area contributed by atoms with Gasteiger partial charge < -0.3 is 29.2 Å². The average Bonchev–Trinajstić information content (AvgIpc) is 2.59. The Bertz CT molecular complexity index is 358. The van der Waals surface area contributed by atoms with Crippen LogP contribution in [0.5, 0.6) is 0 Å². The molecule has 0 aromatic carbocycles. The molecule has 0 spiro atoms. The Morgan fingerprint density at radius 3 is 1.92 bits per heavy atom. The largest absolute Gasteiger partial charge is 0.463 e. The SMILES string of the molecule is C=CC(=O)OCC(O)COCCCCOCC(O)COC(=O)CC. The van der Waals surface area contributed by atoms with Crippen LogP contribution in [0.3, 0.4) is 0 Å². The first-order valence-corrected chi connectivity index (χ1v) is 7.96. The maximum atomic E-state index is 10.9. The average molecular weight is 348 g/mol. The first-order valence-electron chi connectivity index (χ1n) is 7.96. The van der Waals surface area contributed by atoms with Gasteiger partial charge in [-0.2, -0.15) is 0 Å². The highest BCUT2D eigenvalue weighted by Gasteiger charge is 2.08. The van der Waals surface area contributed by atoms with E-state index in [0.29, 0.717) is 13.2 Å². The summed E-state index contributed by atoms with van der Waals surface area (Å²) in [6.07, 6.45) is 1.05. The van der Waals surface area contributed by atoms with Crippen molar-refractivity contribution in [3.63, 3.8) is 0 Å². The van der Waals surface area contributed by atoms with Crippen molar-refractivity contribution in [3.8, 4) is 0 Å². The maximum Gasteiger partial charge on any atom is 0.330 e. The number of hydrogen-bond acceptors (Lipinski definition) is 8. The Morgan fingerprint density at radius 2 is 1.46 bits per heavy atom. The van der Waals surface area contributed by atoms with Gasteiger partial charge in [0.05, 0.1) is 13.2 Å². The molecule has 0 heterocycles. The highest BCUT2D eigenvalue weighted by atomic mass is 16.6. The number of esters is 2. The summed E-state index contributed by atoms with van der Waals surface area (Å²) in [6, 6.07) is 0. The van der Waals surface area contributed by atoms with E-state index in [1.807, 2.05) is 0 Å². The zero-order valence-electron chi connectivity index (χ0n) is 14.1. The second kappa shape index (κ2) is 15.1. The molecule has 0 aliphatic rings. The highest BCUT2D eigenvalue weighted by Crippen LogP contribution is 1.96. The number of hydrogen-bond donors (Lipinski definition) is 2. The highest BCUT2D eigenvalue weighted by molar-refractivity contribution is 5.81. The van der Waals surface area contributed by atoms with Crippen molar-refractivity contribution in [2.45, 2.75) is 38.4 Å². The summed E-state index contributed by atoms with van der Waals surface area (Å²) >= 11 is 0. The molecule has 140 valence electrons. The van der Waals surface area contributed by atoms with Crippen LogP contribution in [0.25, 0.3) is 0 Å². The molecule has 0 aromatic rings. The van der Waals surface area contributed by atoms with E-state index >= 15 is 0 Å². The van der Waals surface area contributed by atoms with Crippen LogP contribution in [0.4, 0.5) is 0 Å². The molecule has 0 bridgehead atoms. The van der Waals surface area contributed by atoms with Crippen LogP contribution in [0.15, 0.2) is 12.7 Å². The molecule has 0 saturated heterocycles. The maximum absolute atomic E-state index is 10.9. The molecule has 2 unspecified atom stereocenters. The standard InChI is InChI=1S/C16H28O8/c1-3-15(19)23-11-13(17)9-21-7-5-6-8-22-10-14(18)12-24-16(20)4-2/h3,13-14,17-18H,1,4-12H2,2H3.